The average Bonchev–Trinajstić information content (AvgIpc) is 2.54. The molecule has 0 aliphatic carbocycles. The van der Waals surface area contributed by atoms with Gasteiger partial charge >= 0.3 is 12.4 Å². The van der Waals surface area contributed by atoms with Crippen molar-refractivity contribution in [3.05, 3.63) is 42.5 Å². The Morgan fingerprint density at radius 1 is 1.18 bits per heavy atom. The fraction of sp³-hybridized carbons (Fsp3) is 0.294. The molecule has 0 fully saturated rings. The molecule has 0 aromatic heterocycles. The monoisotopic (exact) mass is 299 g/mol. The first-order valence-electron chi connectivity index (χ1n) is 7.24. The average molecular weight is 299 g/mol. The van der Waals surface area contributed by atoms with Gasteiger partial charge in [-0.1, -0.05) is 30.3 Å². The molecular weight excluding hydrogens is 280 g/mol. The van der Waals surface area contributed by atoms with Gasteiger partial charge in [-0.3, -0.25) is 9.59 Å². The highest BCUT2D eigenvalue weighted by molar-refractivity contribution is 5.88. The van der Waals surface area contributed by atoms with Gasteiger partial charge in [0.25, 0.3) is 0 Å². The molecule has 1 radical (unpaired) electrons. The quantitative estimate of drug-likeness (QED) is 0.578. The topological polar surface area (TPSA) is 83.6 Å². The Bertz CT molecular complexity index is 657. The molecule has 2 rings (SSSR count). The molecule has 0 aliphatic heterocycles. The Balaban J connectivity index is 1.95. The van der Waals surface area contributed by atoms with Crippen molar-refractivity contribution in [3.8, 4) is 0 Å². The van der Waals surface area contributed by atoms with Crippen LogP contribution in [0.4, 0.5) is 5.69 Å². The number of hydrogen-bond acceptors (Lipinski definition) is 3. The summed E-state index contributed by atoms with van der Waals surface area (Å²) in [5.41, 5.74) is 6.24. The van der Waals surface area contributed by atoms with Crippen LogP contribution in [0, 0.1) is 0 Å². The van der Waals surface area contributed by atoms with Gasteiger partial charge in [0.15, 0.2) is 0 Å². The number of carbonyl (C=O) groups is 1. The van der Waals surface area contributed by atoms with Gasteiger partial charge in [0.1, 0.15) is 6.04 Å². The zero-order valence-corrected chi connectivity index (χ0v) is 12.2. The molecule has 0 heterocycles. The van der Waals surface area contributed by atoms with Gasteiger partial charge in [0, 0.05) is 12.2 Å². The molecule has 0 aliphatic rings. The lowest BCUT2D eigenvalue weighted by atomic mass is 10.1. The molecule has 0 saturated carbocycles. The second kappa shape index (κ2) is 7.56. The molecule has 115 valence electrons. The van der Waals surface area contributed by atoms with Gasteiger partial charge in [-0.15, -0.1) is 0 Å². The van der Waals surface area contributed by atoms with Crippen molar-refractivity contribution >= 4 is 28.8 Å². The van der Waals surface area contributed by atoms with E-state index in [0.717, 1.165) is 16.5 Å². The molecule has 22 heavy (non-hydrogen) atoms. The number of aliphatic carboxylic acids is 1. The lowest BCUT2D eigenvalue weighted by molar-refractivity contribution is -0.138. The molecule has 1 unspecified atom stereocenters. The number of carbonyl (C=O) groups excluding carboxylic acids is 1. The van der Waals surface area contributed by atoms with Gasteiger partial charge in [0.05, 0.1) is 0 Å². The van der Waals surface area contributed by atoms with E-state index in [4.69, 9.17) is 10.8 Å². The summed E-state index contributed by atoms with van der Waals surface area (Å²) in [4.78, 5) is 23.3. The molecule has 2 aromatic rings. The smallest absolute Gasteiger partial charge is 0.320 e. The number of unbranched alkanes of at least 4 members (excludes halogenated alkanes) is 1. The summed E-state index contributed by atoms with van der Waals surface area (Å²) in [5, 5.41) is 10.9. The summed E-state index contributed by atoms with van der Waals surface area (Å²) in [6.07, 6.45) is 3.67. The van der Waals surface area contributed by atoms with Crippen LogP contribution in [0.3, 0.4) is 0 Å². The maximum absolute atomic E-state index is 11.2. The normalized spacial score (nSPS) is 12.0. The van der Waals surface area contributed by atoms with Crippen LogP contribution < -0.4 is 10.6 Å². The number of rotatable bonds is 8. The van der Waals surface area contributed by atoms with Crippen LogP contribution >= 0.6 is 0 Å². The Morgan fingerprint density at radius 3 is 2.59 bits per heavy atom. The summed E-state index contributed by atoms with van der Waals surface area (Å²) >= 11 is 0. The third-order valence-electron chi connectivity index (χ3n) is 3.62. The lowest BCUT2D eigenvalue weighted by Gasteiger charge is -2.17. The fourth-order valence-electron chi connectivity index (χ4n) is 2.33. The number of nitrogens with two attached hydrogens (primary N) is 1. The maximum atomic E-state index is 11.2. The summed E-state index contributed by atoms with van der Waals surface area (Å²) in [6.45, 7) is 0.494. The first kappa shape index (κ1) is 16.0. The van der Waals surface area contributed by atoms with Crippen LogP contribution in [0.25, 0.3) is 10.8 Å². The minimum atomic E-state index is -0.992. The van der Waals surface area contributed by atoms with Crippen molar-refractivity contribution in [2.24, 2.45) is 5.73 Å². The number of benzene rings is 2. The summed E-state index contributed by atoms with van der Waals surface area (Å²) < 4.78 is 0. The van der Waals surface area contributed by atoms with Crippen LogP contribution in [-0.2, 0) is 9.59 Å². The molecular formula is C17H19N2O3. The Labute approximate surface area is 129 Å². The molecule has 5 heteroatoms. The number of anilines is 1. The molecule has 1 amide bonds. The van der Waals surface area contributed by atoms with E-state index in [9.17, 15) is 9.59 Å². The second-order valence-electron chi connectivity index (χ2n) is 5.21. The van der Waals surface area contributed by atoms with Crippen molar-refractivity contribution in [2.45, 2.75) is 25.3 Å². The van der Waals surface area contributed by atoms with E-state index in [1.165, 1.54) is 4.90 Å². The van der Waals surface area contributed by atoms with Crippen molar-refractivity contribution in [2.75, 3.05) is 11.4 Å². The predicted molar refractivity (Wildman–Crippen MR) is 86.4 cm³/mol. The Hall–Kier alpha value is -2.40. The highest BCUT2D eigenvalue weighted by Crippen LogP contribution is 2.21. The van der Waals surface area contributed by atoms with E-state index < -0.39 is 12.0 Å². The van der Waals surface area contributed by atoms with Gasteiger partial charge in [0.2, 0.25) is 0 Å². The van der Waals surface area contributed by atoms with E-state index in [2.05, 4.69) is 0 Å². The number of fused-ring (bicyclic) bond motifs is 1. The second-order valence-corrected chi connectivity index (χ2v) is 5.21. The highest BCUT2D eigenvalue weighted by Gasteiger charge is 2.11. The molecule has 5 nitrogen and oxygen atoms in total. The molecule has 0 spiro atoms. The largest absolute Gasteiger partial charge is 0.480 e. The van der Waals surface area contributed by atoms with Crippen molar-refractivity contribution in [1.82, 2.24) is 0 Å². The third kappa shape index (κ3) is 4.05. The Morgan fingerprint density at radius 2 is 1.91 bits per heavy atom. The number of amides is 1. The maximum Gasteiger partial charge on any atom is 0.320 e. The number of hydrogen-bond donors (Lipinski definition) is 2. The van der Waals surface area contributed by atoms with Crippen molar-refractivity contribution in [3.63, 3.8) is 0 Å². The summed E-state index contributed by atoms with van der Waals surface area (Å²) in [5.74, 6) is -0.992. The van der Waals surface area contributed by atoms with E-state index in [0.29, 0.717) is 25.8 Å². The zero-order valence-electron chi connectivity index (χ0n) is 12.2. The van der Waals surface area contributed by atoms with Gasteiger partial charge in [-0.2, -0.15) is 0 Å². The molecule has 2 aromatic carbocycles. The van der Waals surface area contributed by atoms with Gasteiger partial charge < -0.3 is 15.7 Å². The van der Waals surface area contributed by atoms with Crippen LogP contribution in [0.1, 0.15) is 19.3 Å². The standard InChI is InChI=1S/C17H19N2O3/c18-16(17(21)22)7-3-4-10-19(12-20)15-9-8-13-5-1-2-6-14(13)11-15/h1-2,5-6,8-9,11,16H,3-4,7,10,18H2,(H,21,22). The van der Waals surface area contributed by atoms with Crippen LogP contribution in [0.2, 0.25) is 0 Å². The number of nitrogens with zero attached hydrogens (tertiary/aromatic N) is 1. The predicted octanol–water partition coefficient (Wildman–Crippen LogP) is 2.30. The summed E-state index contributed by atoms with van der Waals surface area (Å²) in [7, 11) is 0. The van der Waals surface area contributed by atoms with Gasteiger partial charge in [-0.25, -0.2) is 0 Å². The van der Waals surface area contributed by atoms with Gasteiger partial charge in [-0.05, 0) is 42.2 Å². The van der Waals surface area contributed by atoms with Crippen molar-refractivity contribution in [1.29, 1.82) is 0 Å². The fourth-order valence-corrected chi connectivity index (χ4v) is 2.33. The molecule has 0 bridgehead atoms. The lowest BCUT2D eigenvalue weighted by Crippen LogP contribution is -2.30. The highest BCUT2D eigenvalue weighted by atomic mass is 16.4. The first-order valence-corrected chi connectivity index (χ1v) is 7.24. The van der Waals surface area contributed by atoms with Crippen LogP contribution in [0.5, 0.6) is 0 Å². The molecule has 3 N–H and O–H groups in total. The van der Waals surface area contributed by atoms with E-state index in [1.807, 2.05) is 48.9 Å². The Kier molecular flexibility index (Phi) is 5.49. The van der Waals surface area contributed by atoms with E-state index in [-0.39, 0.29) is 0 Å². The van der Waals surface area contributed by atoms with E-state index >= 15 is 0 Å². The third-order valence-corrected chi connectivity index (χ3v) is 3.62. The minimum absolute atomic E-state index is 0.403. The number of carboxylic acid groups (broad SMARTS) is 1. The SMILES string of the molecule is NC(CCCCN([C]=O)c1ccc2ccccc2c1)C(=O)O. The van der Waals surface area contributed by atoms with E-state index in [1.54, 1.807) is 0 Å². The zero-order chi connectivity index (χ0) is 15.9. The van der Waals surface area contributed by atoms with Crippen LogP contribution in [0.15, 0.2) is 42.5 Å². The number of carboxylic acids is 1. The summed E-state index contributed by atoms with van der Waals surface area (Å²) in [6, 6.07) is 12.9. The van der Waals surface area contributed by atoms with Crippen molar-refractivity contribution < 1.29 is 14.7 Å². The molecule has 0 saturated heterocycles. The minimum Gasteiger partial charge on any atom is -0.480 e. The molecule has 1 atom stereocenters. The van der Waals surface area contributed by atoms with Crippen LogP contribution in [-0.4, -0.2) is 30.1 Å². The first-order chi connectivity index (χ1) is 10.6.